The van der Waals surface area contributed by atoms with Crippen molar-refractivity contribution in [2.24, 2.45) is 0 Å². The monoisotopic (exact) mass is 473 g/mol. The van der Waals surface area contributed by atoms with Crippen LogP contribution in [0.3, 0.4) is 0 Å². The Morgan fingerprint density at radius 1 is 1.12 bits per heavy atom. The van der Waals surface area contributed by atoms with Crippen molar-refractivity contribution in [1.82, 2.24) is 13.8 Å². The van der Waals surface area contributed by atoms with Crippen molar-refractivity contribution >= 4 is 33.3 Å². The molecule has 0 spiro atoms. The third-order valence-corrected chi connectivity index (χ3v) is 7.36. The maximum Gasteiger partial charge on any atom is 0.420 e. The highest BCUT2D eigenvalue weighted by Gasteiger charge is 2.29. The van der Waals surface area contributed by atoms with Crippen LogP contribution in [-0.2, 0) is 21.4 Å². The van der Waals surface area contributed by atoms with E-state index >= 15 is 0 Å². The van der Waals surface area contributed by atoms with Crippen molar-refractivity contribution in [3.63, 3.8) is 0 Å². The van der Waals surface area contributed by atoms with Gasteiger partial charge in [-0.3, -0.25) is 14.2 Å². The first-order valence-electron chi connectivity index (χ1n) is 10.4. The number of amides is 1. The van der Waals surface area contributed by atoms with E-state index in [4.69, 9.17) is 9.15 Å². The quantitative estimate of drug-likeness (QED) is 0.358. The van der Waals surface area contributed by atoms with E-state index in [2.05, 4.69) is 0 Å². The number of aromatic nitrogens is 1. The van der Waals surface area contributed by atoms with E-state index in [0.29, 0.717) is 42.9 Å². The van der Waals surface area contributed by atoms with Crippen LogP contribution in [0.2, 0.25) is 0 Å². The second-order valence-electron chi connectivity index (χ2n) is 7.51. The average Bonchev–Trinajstić information content (AvgIpc) is 3.13. The molecule has 0 N–H and O–H groups in total. The van der Waals surface area contributed by atoms with Crippen LogP contribution in [0.25, 0.3) is 11.1 Å². The normalized spacial score (nSPS) is 15.0. The number of sulfonamides is 1. The van der Waals surface area contributed by atoms with Gasteiger partial charge in [-0.15, -0.1) is 0 Å². The fraction of sp³-hybridized carbons (Fsp3) is 0.318. The second-order valence-corrected chi connectivity index (χ2v) is 9.45. The van der Waals surface area contributed by atoms with Gasteiger partial charge in [-0.1, -0.05) is 12.1 Å². The van der Waals surface area contributed by atoms with E-state index in [1.807, 2.05) is 6.92 Å². The van der Waals surface area contributed by atoms with Gasteiger partial charge in [0, 0.05) is 37.8 Å². The van der Waals surface area contributed by atoms with Crippen LogP contribution in [-0.4, -0.2) is 67.2 Å². The van der Waals surface area contributed by atoms with Crippen molar-refractivity contribution in [3.8, 4) is 5.75 Å². The van der Waals surface area contributed by atoms with Crippen molar-refractivity contribution < 1.29 is 27.2 Å². The fourth-order valence-electron chi connectivity index (χ4n) is 3.72. The molecule has 1 aliphatic rings. The Morgan fingerprint density at radius 3 is 2.58 bits per heavy atom. The number of rotatable bonds is 8. The summed E-state index contributed by atoms with van der Waals surface area (Å²) in [6, 6.07) is 10.8. The molecule has 1 aliphatic heterocycles. The maximum atomic E-state index is 13.0. The Kier molecular flexibility index (Phi) is 6.34. The van der Waals surface area contributed by atoms with Gasteiger partial charge in [-0.25, -0.2) is 13.2 Å². The van der Waals surface area contributed by atoms with E-state index in [9.17, 15) is 22.8 Å². The first-order valence-corrected chi connectivity index (χ1v) is 11.9. The second kappa shape index (κ2) is 9.20. The molecule has 33 heavy (non-hydrogen) atoms. The summed E-state index contributed by atoms with van der Waals surface area (Å²) in [5.41, 5.74) is 0.776. The van der Waals surface area contributed by atoms with E-state index in [-0.39, 0.29) is 35.9 Å². The average molecular weight is 474 g/mol. The van der Waals surface area contributed by atoms with Gasteiger partial charge in [0.25, 0.3) is 0 Å². The summed E-state index contributed by atoms with van der Waals surface area (Å²) in [5.74, 6) is -0.517. The lowest BCUT2D eigenvalue weighted by Gasteiger charge is -2.31. The van der Waals surface area contributed by atoms with E-state index in [1.165, 1.54) is 32.0 Å². The number of hydrogen-bond acceptors (Lipinski definition) is 7. The molecule has 0 radical (unpaired) electrons. The van der Waals surface area contributed by atoms with Crippen molar-refractivity contribution in [1.29, 1.82) is 0 Å². The van der Waals surface area contributed by atoms with Gasteiger partial charge in [-0.05, 0) is 31.2 Å². The molecule has 0 bridgehead atoms. The summed E-state index contributed by atoms with van der Waals surface area (Å²) in [5, 5.41) is 0. The van der Waals surface area contributed by atoms with E-state index < -0.39 is 15.8 Å². The summed E-state index contributed by atoms with van der Waals surface area (Å²) in [6.07, 6.45) is 0.696. The molecule has 1 saturated heterocycles. The zero-order valence-electron chi connectivity index (χ0n) is 18.0. The Hall–Kier alpha value is -3.44. The lowest BCUT2D eigenvalue weighted by atomic mass is 10.1. The Morgan fingerprint density at radius 2 is 1.88 bits per heavy atom. The molecule has 1 aromatic heterocycles. The smallest absolute Gasteiger partial charge is 0.420 e. The zero-order chi connectivity index (χ0) is 23.6. The lowest BCUT2D eigenvalue weighted by molar-refractivity contribution is -0.119. The molecular weight excluding hydrogens is 450 g/mol. The Bertz CT molecular complexity index is 1350. The Balaban J connectivity index is 1.59. The number of carbonyl (C=O) groups excluding carboxylic acids is 2. The number of oxazole rings is 1. The summed E-state index contributed by atoms with van der Waals surface area (Å²) in [4.78, 5) is 37.5. The predicted molar refractivity (Wildman–Crippen MR) is 119 cm³/mol. The van der Waals surface area contributed by atoms with Crippen LogP contribution < -0.4 is 10.5 Å². The van der Waals surface area contributed by atoms with E-state index in [0.717, 1.165) is 0 Å². The number of Topliss-reactive ketones (excluding diaryl/α,β-unsaturated/α-hetero) is 1. The molecule has 4 rings (SSSR count). The number of piperazine rings is 1. The largest absolute Gasteiger partial charge is 0.494 e. The van der Waals surface area contributed by atoms with Gasteiger partial charge in [0.05, 0.1) is 23.6 Å². The van der Waals surface area contributed by atoms with Gasteiger partial charge >= 0.3 is 5.76 Å². The summed E-state index contributed by atoms with van der Waals surface area (Å²) < 4.78 is 39.1. The molecule has 174 valence electrons. The molecule has 3 aromatic rings. The first kappa shape index (κ1) is 22.7. The van der Waals surface area contributed by atoms with Crippen LogP contribution in [0.15, 0.2) is 56.6 Å². The van der Waals surface area contributed by atoms with Crippen LogP contribution >= 0.6 is 0 Å². The first-order chi connectivity index (χ1) is 15.8. The molecule has 0 saturated carbocycles. The number of carbonyl (C=O) groups is 2. The van der Waals surface area contributed by atoms with Crippen molar-refractivity contribution in [2.75, 3.05) is 32.8 Å². The molecule has 1 fully saturated rings. The van der Waals surface area contributed by atoms with Gasteiger partial charge in [0.2, 0.25) is 16.4 Å². The molecule has 0 unspecified atom stereocenters. The van der Waals surface area contributed by atoms with Gasteiger partial charge in [0.15, 0.2) is 11.4 Å². The standard InChI is InChI=1S/C22H23N3O7S/c1-2-31-17-5-3-4-16(12-17)20(27)14-25-19-7-6-18(13-21(19)32-22(25)28)33(29,30)24-10-8-23(15-26)9-11-24/h3-7,12-13,15H,2,8-11,14H2,1H3. The lowest BCUT2D eigenvalue weighted by Crippen LogP contribution is -2.47. The highest BCUT2D eigenvalue weighted by molar-refractivity contribution is 7.89. The van der Waals surface area contributed by atoms with Crippen LogP contribution in [0.1, 0.15) is 17.3 Å². The zero-order valence-corrected chi connectivity index (χ0v) is 18.8. The summed E-state index contributed by atoms with van der Waals surface area (Å²) in [7, 11) is -3.83. The molecular formula is C22H23N3O7S. The van der Waals surface area contributed by atoms with Crippen LogP contribution in [0.5, 0.6) is 5.75 Å². The minimum absolute atomic E-state index is 0.0220. The number of fused-ring (bicyclic) bond motifs is 1. The van der Waals surface area contributed by atoms with Crippen LogP contribution in [0, 0.1) is 0 Å². The fourth-order valence-corrected chi connectivity index (χ4v) is 5.15. The molecule has 1 amide bonds. The minimum atomic E-state index is -3.83. The molecule has 10 nitrogen and oxygen atoms in total. The Labute approximate surface area is 190 Å². The van der Waals surface area contributed by atoms with Crippen LogP contribution in [0.4, 0.5) is 0 Å². The molecule has 2 aromatic carbocycles. The molecule has 0 atom stereocenters. The van der Waals surface area contributed by atoms with E-state index in [1.54, 1.807) is 24.3 Å². The van der Waals surface area contributed by atoms with Crippen molar-refractivity contribution in [2.45, 2.75) is 18.4 Å². The highest BCUT2D eigenvalue weighted by Crippen LogP contribution is 2.23. The summed E-state index contributed by atoms with van der Waals surface area (Å²) in [6.45, 7) is 3.01. The van der Waals surface area contributed by atoms with Gasteiger partial charge < -0.3 is 14.1 Å². The van der Waals surface area contributed by atoms with Crippen molar-refractivity contribution in [3.05, 3.63) is 58.6 Å². The number of ether oxygens (including phenoxy) is 1. The SMILES string of the molecule is CCOc1cccc(C(=O)Cn2c(=O)oc3cc(S(=O)(=O)N4CCN(C=O)CC4)ccc32)c1. The third-order valence-electron chi connectivity index (χ3n) is 5.47. The maximum absolute atomic E-state index is 13.0. The number of nitrogens with zero attached hydrogens (tertiary/aromatic N) is 3. The third kappa shape index (κ3) is 4.55. The highest BCUT2D eigenvalue weighted by atomic mass is 32.2. The van der Waals surface area contributed by atoms with Gasteiger partial charge in [-0.2, -0.15) is 4.31 Å². The minimum Gasteiger partial charge on any atom is -0.494 e. The topological polar surface area (TPSA) is 119 Å². The number of ketones is 1. The van der Waals surface area contributed by atoms with Gasteiger partial charge in [0.1, 0.15) is 5.75 Å². The molecule has 0 aliphatic carbocycles. The number of benzene rings is 2. The molecule has 2 heterocycles. The summed E-state index contributed by atoms with van der Waals surface area (Å²) >= 11 is 0. The predicted octanol–water partition coefficient (Wildman–Crippen LogP) is 1.34. The number of hydrogen-bond donors (Lipinski definition) is 0. The molecule has 11 heteroatoms.